The molecule has 1 aromatic rings. The molecule has 0 aliphatic carbocycles. The van der Waals surface area contributed by atoms with Gasteiger partial charge in [0.15, 0.2) is 5.75 Å². The number of rotatable bonds is 7. The third kappa shape index (κ3) is 3.03. The van der Waals surface area contributed by atoms with Gasteiger partial charge in [-0.05, 0) is 19.9 Å². The number of methoxy groups -OCH3 is 1. The lowest BCUT2D eigenvalue weighted by Crippen LogP contribution is -2.37. The summed E-state index contributed by atoms with van der Waals surface area (Å²) in [5.41, 5.74) is 1.02. The molecule has 0 aliphatic rings. The van der Waals surface area contributed by atoms with E-state index in [1.165, 1.54) is 0 Å². The molecule has 0 bridgehead atoms. The Morgan fingerprint density at radius 2 is 2.11 bits per heavy atom. The molecule has 0 aromatic carbocycles. The highest BCUT2D eigenvalue weighted by Crippen LogP contribution is 2.30. The van der Waals surface area contributed by atoms with Gasteiger partial charge >= 0.3 is 0 Å². The van der Waals surface area contributed by atoms with Crippen LogP contribution in [0.1, 0.15) is 32.5 Å². The normalized spacial score (nSPS) is 14.8. The Morgan fingerprint density at radius 1 is 1.44 bits per heavy atom. The topological polar surface area (TPSA) is 48.3 Å². The van der Waals surface area contributed by atoms with Crippen molar-refractivity contribution in [3.05, 3.63) is 11.9 Å². The van der Waals surface area contributed by atoms with Crippen LogP contribution in [0.4, 0.5) is 0 Å². The van der Waals surface area contributed by atoms with Crippen molar-refractivity contribution < 1.29 is 9.47 Å². The zero-order valence-electron chi connectivity index (χ0n) is 12.2. The van der Waals surface area contributed by atoms with Crippen LogP contribution in [0, 0.1) is 5.92 Å². The molecule has 2 unspecified atom stereocenters. The van der Waals surface area contributed by atoms with Crippen molar-refractivity contribution in [3.8, 4) is 5.75 Å². The Balaban J connectivity index is 3.09. The predicted octanol–water partition coefficient (Wildman–Crippen LogP) is 1.75. The predicted molar refractivity (Wildman–Crippen MR) is 71.8 cm³/mol. The van der Waals surface area contributed by atoms with Gasteiger partial charge in [-0.2, -0.15) is 5.10 Å². The van der Waals surface area contributed by atoms with Crippen LogP contribution in [0.15, 0.2) is 6.20 Å². The second kappa shape index (κ2) is 6.75. The fraction of sp³-hybridized carbons (Fsp3) is 0.769. The molecule has 1 N–H and O–H groups in total. The standard InChI is InChI=1S/C13H25N3O2/c1-7-18-13(9(2)3)11(14-4)12-10(17-6)8-15-16(12)5/h8-9,11,13-14H,7H2,1-6H3. The minimum absolute atomic E-state index is 0.0624. The molecule has 18 heavy (non-hydrogen) atoms. The summed E-state index contributed by atoms with van der Waals surface area (Å²) in [6, 6.07) is 0.0624. The van der Waals surface area contributed by atoms with E-state index in [-0.39, 0.29) is 12.1 Å². The molecule has 0 saturated heterocycles. The van der Waals surface area contributed by atoms with Crippen LogP contribution in [-0.4, -0.2) is 36.6 Å². The van der Waals surface area contributed by atoms with E-state index < -0.39 is 0 Å². The summed E-state index contributed by atoms with van der Waals surface area (Å²) in [6.45, 7) is 7.03. The van der Waals surface area contributed by atoms with Gasteiger partial charge in [0.1, 0.15) is 0 Å². The van der Waals surface area contributed by atoms with E-state index in [9.17, 15) is 0 Å². The molecule has 0 amide bonds. The molecule has 5 heteroatoms. The molecule has 5 nitrogen and oxygen atoms in total. The summed E-state index contributed by atoms with van der Waals surface area (Å²) in [6.07, 6.45) is 1.83. The van der Waals surface area contributed by atoms with Gasteiger partial charge < -0.3 is 14.8 Å². The average Bonchev–Trinajstić information content (AvgIpc) is 2.71. The van der Waals surface area contributed by atoms with E-state index in [4.69, 9.17) is 9.47 Å². The molecule has 104 valence electrons. The van der Waals surface area contributed by atoms with Gasteiger partial charge in [-0.3, -0.25) is 4.68 Å². The first-order valence-corrected chi connectivity index (χ1v) is 6.41. The van der Waals surface area contributed by atoms with E-state index in [1.807, 2.05) is 25.7 Å². The van der Waals surface area contributed by atoms with Gasteiger partial charge in [-0.1, -0.05) is 13.8 Å². The van der Waals surface area contributed by atoms with Gasteiger partial charge in [0.2, 0.25) is 0 Å². The smallest absolute Gasteiger partial charge is 0.161 e. The van der Waals surface area contributed by atoms with Crippen LogP contribution in [-0.2, 0) is 11.8 Å². The van der Waals surface area contributed by atoms with Crippen molar-refractivity contribution in [3.63, 3.8) is 0 Å². The Hall–Kier alpha value is -1.07. The summed E-state index contributed by atoms with van der Waals surface area (Å²) in [7, 11) is 5.52. The SMILES string of the molecule is CCOC(C(C)C)C(NC)c1c(OC)cnn1C. The van der Waals surface area contributed by atoms with Gasteiger partial charge in [0, 0.05) is 13.7 Å². The zero-order chi connectivity index (χ0) is 13.7. The summed E-state index contributed by atoms with van der Waals surface area (Å²) in [4.78, 5) is 0. The quantitative estimate of drug-likeness (QED) is 0.806. The molecule has 0 spiro atoms. The molecule has 2 atom stereocenters. The van der Waals surface area contributed by atoms with Crippen LogP contribution in [0.5, 0.6) is 5.75 Å². The molecule has 1 aromatic heterocycles. The Kier molecular flexibility index (Phi) is 5.62. The summed E-state index contributed by atoms with van der Waals surface area (Å²) < 4.78 is 13.1. The number of nitrogens with one attached hydrogen (secondary N) is 1. The minimum atomic E-state index is 0.0624. The highest BCUT2D eigenvalue weighted by molar-refractivity contribution is 5.29. The molecule has 1 rings (SSSR count). The van der Waals surface area contributed by atoms with E-state index in [2.05, 4.69) is 24.3 Å². The molecule has 0 saturated carbocycles. The monoisotopic (exact) mass is 255 g/mol. The maximum absolute atomic E-state index is 5.88. The Labute approximate surface area is 109 Å². The van der Waals surface area contributed by atoms with Crippen LogP contribution in [0.2, 0.25) is 0 Å². The van der Waals surface area contributed by atoms with Crippen LogP contribution in [0.25, 0.3) is 0 Å². The molecular formula is C13H25N3O2. The Morgan fingerprint density at radius 3 is 2.56 bits per heavy atom. The van der Waals surface area contributed by atoms with Crippen LogP contribution >= 0.6 is 0 Å². The van der Waals surface area contributed by atoms with Gasteiger partial charge in [0.05, 0.1) is 31.1 Å². The summed E-state index contributed by atoms with van der Waals surface area (Å²) >= 11 is 0. The summed E-state index contributed by atoms with van der Waals surface area (Å²) in [5.74, 6) is 1.20. The second-order valence-corrected chi connectivity index (χ2v) is 4.65. The van der Waals surface area contributed by atoms with Crippen molar-refractivity contribution in [1.82, 2.24) is 15.1 Å². The summed E-state index contributed by atoms with van der Waals surface area (Å²) in [5, 5.41) is 7.57. The maximum Gasteiger partial charge on any atom is 0.161 e. The van der Waals surface area contributed by atoms with Crippen molar-refractivity contribution in [2.75, 3.05) is 20.8 Å². The van der Waals surface area contributed by atoms with Crippen molar-refractivity contribution in [2.45, 2.75) is 32.9 Å². The lowest BCUT2D eigenvalue weighted by atomic mass is 9.96. The number of nitrogens with zero attached hydrogens (tertiary/aromatic N) is 2. The van der Waals surface area contributed by atoms with Crippen LogP contribution < -0.4 is 10.1 Å². The highest BCUT2D eigenvalue weighted by Gasteiger charge is 2.30. The third-order valence-corrected chi connectivity index (χ3v) is 3.12. The van der Waals surface area contributed by atoms with E-state index in [0.717, 1.165) is 11.4 Å². The van der Waals surface area contributed by atoms with Crippen molar-refractivity contribution in [1.29, 1.82) is 0 Å². The first-order chi connectivity index (χ1) is 8.56. The minimum Gasteiger partial charge on any atom is -0.493 e. The van der Waals surface area contributed by atoms with E-state index >= 15 is 0 Å². The first-order valence-electron chi connectivity index (χ1n) is 6.41. The lowest BCUT2D eigenvalue weighted by Gasteiger charge is -2.30. The molecular weight excluding hydrogens is 230 g/mol. The zero-order valence-corrected chi connectivity index (χ0v) is 12.2. The number of hydrogen-bond acceptors (Lipinski definition) is 4. The Bertz CT molecular complexity index is 363. The number of hydrogen-bond donors (Lipinski definition) is 1. The fourth-order valence-corrected chi connectivity index (χ4v) is 2.26. The van der Waals surface area contributed by atoms with E-state index in [1.54, 1.807) is 13.3 Å². The number of likely N-dealkylation sites (N-methyl/N-ethyl adjacent to an activating group) is 1. The molecule has 0 aliphatic heterocycles. The van der Waals surface area contributed by atoms with Gasteiger partial charge in [0.25, 0.3) is 0 Å². The van der Waals surface area contributed by atoms with Crippen molar-refractivity contribution >= 4 is 0 Å². The third-order valence-electron chi connectivity index (χ3n) is 3.12. The largest absolute Gasteiger partial charge is 0.493 e. The number of aryl methyl sites for hydroxylation is 1. The maximum atomic E-state index is 5.88. The molecule has 1 heterocycles. The lowest BCUT2D eigenvalue weighted by molar-refractivity contribution is 0.00224. The highest BCUT2D eigenvalue weighted by atomic mass is 16.5. The van der Waals surface area contributed by atoms with Crippen molar-refractivity contribution in [2.24, 2.45) is 13.0 Å². The van der Waals surface area contributed by atoms with Crippen LogP contribution in [0.3, 0.4) is 0 Å². The van der Waals surface area contributed by atoms with Gasteiger partial charge in [-0.15, -0.1) is 0 Å². The fourth-order valence-electron chi connectivity index (χ4n) is 2.26. The first kappa shape index (κ1) is 15.0. The van der Waals surface area contributed by atoms with E-state index in [0.29, 0.717) is 12.5 Å². The second-order valence-electron chi connectivity index (χ2n) is 4.65. The number of ether oxygens (including phenoxy) is 2. The average molecular weight is 255 g/mol. The number of aromatic nitrogens is 2. The molecule has 0 fully saturated rings. The van der Waals surface area contributed by atoms with Gasteiger partial charge in [-0.25, -0.2) is 0 Å². The molecule has 0 radical (unpaired) electrons.